The Bertz CT molecular complexity index is 1010. The van der Waals surface area contributed by atoms with E-state index in [9.17, 15) is 14.4 Å². The molecular weight excluding hydrogens is 466 g/mol. The number of thioether (sulfide) groups is 1. The summed E-state index contributed by atoms with van der Waals surface area (Å²) in [6, 6.07) is 12.9. The van der Waals surface area contributed by atoms with Crippen molar-refractivity contribution in [2.24, 2.45) is 0 Å². The summed E-state index contributed by atoms with van der Waals surface area (Å²) < 4.78 is 0.959. The Morgan fingerprint density at radius 3 is 2.63 bits per heavy atom. The fraction of sp³-hybridized carbons (Fsp3) is 0.318. The fourth-order valence-corrected chi connectivity index (χ4v) is 5.14. The number of nitrogens with one attached hydrogen (secondary N) is 1. The number of anilines is 2. The highest BCUT2D eigenvalue weighted by Gasteiger charge is 2.41. The molecule has 1 fully saturated rings. The predicted molar refractivity (Wildman–Crippen MR) is 122 cm³/mol. The molecule has 0 aliphatic carbocycles. The lowest BCUT2D eigenvalue weighted by Gasteiger charge is -2.34. The second kappa shape index (κ2) is 8.81. The van der Waals surface area contributed by atoms with Gasteiger partial charge in [0.05, 0.1) is 5.69 Å². The van der Waals surface area contributed by atoms with Crippen LogP contribution in [0.25, 0.3) is 0 Å². The van der Waals surface area contributed by atoms with E-state index < -0.39 is 5.25 Å². The average Bonchev–Trinajstić information content (AvgIpc) is 3.27. The molecule has 6 nitrogen and oxygen atoms in total. The Morgan fingerprint density at radius 2 is 1.90 bits per heavy atom. The van der Waals surface area contributed by atoms with Crippen LogP contribution in [0, 0.1) is 6.92 Å². The molecule has 2 heterocycles. The molecule has 8 heteroatoms. The summed E-state index contributed by atoms with van der Waals surface area (Å²) in [5, 5.41) is 2.01. The number of hydrogen-bond donors (Lipinski definition) is 1. The van der Waals surface area contributed by atoms with Crippen molar-refractivity contribution in [1.82, 2.24) is 4.90 Å². The summed E-state index contributed by atoms with van der Waals surface area (Å²) in [6.45, 7) is 3.17. The number of carbonyl (C=O) groups excluding carboxylic acids is 3. The first-order valence-corrected chi connectivity index (χ1v) is 11.5. The lowest BCUT2D eigenvalue weighted by atomic mass is 10.2. The highest BCUT2D eigenvalue weighted by molar-refractivity contribution is 9.10. The smallest absolute Gasteiger partial charge is 0.250 e. The number of para-hydroxylation sites is 1. The van der Waals surface area contributed by atoms with Crippen molar-refractivity contribution in [1.29, 1.82) is 0 Å². The van der Waals surface area contributed by atoms with Crippen LogP contribution >= 0.6 is 27.7 Å². The molecule has 2 aliphatic heterocycles. The van der Waals surface area contributed by atoms with Crippen LogP contribution in [0.4, 0.5) is 11.4 Å². The normalized spacial score (nSPS) is 18.3. The number of aryl methyl sites for hydroxylation is 1. The molecule has 0 saturated carbocycles. The zero-order valence-corrected chi connectivity index (χ0v) is 19.0. The van der Waals surface area contributed by atoms with E-state index >= 15 is 0 Å². The highest BCUT2D eigenvalue weighted by atomic mass is 79.9. The van der Waals surface area contributed by atoms with Gasteiger partial charge in [-0.25, -0.2) is 0 Å². The molecule has 2 aromatic carbocycles. The molecule has 3 amide bonds. The van der Waals surface area contributed by atoms with Crippen LogP contribution in [-0.2, 0) is 14.4 Å². The van der Waals surface area contributed by atoms with Crippen molar-refractivity contribution in [2.75, 3.05) is 29.9 Å². The summed E-state index contributed by atoms with van der Waals surface area (Å²) in [6.07, 6.45) is 1.93. The van der Waals surface area contributed by atoms with Gasteiger partial charge in [0.25, 0.3) is 5.91 Å². The van der Waals surface area contributed by atoms with Gasteiger partial charge in [-0.2, -0.15) is 0 Å². The van der Waals surface area contributed by atoms with Gasteiger partial charge in [-0.05, 0) is 55.7 Å². The molecule has 2 aliphatic rings. The SMILES string of the molecule is Cc1cc(NC(=O)CN2C(=O)[C@@H](C(=O)N3CCCC3)Sc3ccccc32)ccc1Br. The van der Waals surface area contributed by atoms with E-state index in [4.69, 9.17) is 0 Å². The molecule has 2 aromatic rings. The number of rotatable bonds is 4. The van der Waals surface area contributed by atoms with Crippen LogP contribution in [0.15, 0.2) is 51.8 Å². The van der Waals surface area contributed by atoms with Crippen molar-refractivity contribution in [3.8, 4) is 0 Å². The van der Waals surface area contributed by atoms with Gasteiger partial charge >= 0.3 is 0 Å². The lowest BCUT2D eigenvalue weighted by Crippen LogP contribution is -2.51. The van der Waals surface area contributed by atoms with Crippen molar-refractivity contribution in [3.63, 3.8) is 0 Å². The standard InChI is InChI=1S/C22H22BrN3O3S/c1-14-12-15(8-9-16(14)23)24-19(27)13-26-17-6-2-3-7-18(17)30-20(22(26)29)21(28)25-10-4-5-11-25/h2-3,6-9,12,20H,4-5,10-11,13H2,1H3,(H,24,27)/t20-/m1/s1. The van der Waals surface area contributed by atoms with Gasteiger partial charge in [0.2, 0.25) is 11.8 Å². The van der Waals surface area contributed by atoms with Crippen LogP contribution < -0.4 is 10.2 Å². The second-order valence-electron chi connectivity index (χ2n) is 7.43. The third kappa shape index (κ3) is 4.25. The molecular formula is C22H22BrN3O3S. The van der Waals surface area contributed by atoms with E-state index in [2.05, 4.69) is 21.2 Å². The number of nitrogens with zero attached hydrogens (tertiary/aromatic N) is 2. The molecule has 0 bridgehead atoms. The van der Waals surface area contributed by atoms with E-state index in [1.807, 2.05) is 43.3 Å². The van der Waals surface area contributed by atoms with Gasteiger partial charge in [0, 0.05) is 28.1 Å². The summed E-state index contributed by atoms with van der Waals surface area (Å²) in [4.78, 5) is 43.0. The van der Waals surface area contributed by atoms with Crippen molar-refractivity contribution in [3.05, 3.63) is 52.5 Å². The molecule has 1 N–H and O–H groups in total. The van der Waals surface area contributed by atoms with Crippen LogP contribution in [0.3, 0.4) is 0 Å². The molecule has 30 heavy (non-hydrogen) atoms. The number of amides is 3. The minimum atomic E-state index is -0.847. The first-order valence-electron chi connectivity index (χ1n) is 9.86. The summed E-state index contributed by atoms with van der Waals surface area (Å²) in [5.74, 6) is -0.803. The topological polar surface area (TPSA) is 69.7 Å². The van der Waals surface area contributed by atoms with Crippen LogP contribution in [0.2, 0.25) is 0 Å². The monoisotopic (exact) mass is 487 g/mol. The van der Waals surface area contributed by atoms with Gasteiger partial charge in [0.1, 0.15) is 6.54 Å². The van der Waals surface area contributed by atoms with E-state index in [1.165, 1.54) is 16.7 Å². The maximum absolute atomic E-state index is 13.2. The van der Waals surface area contributed by atoms with Crippen molar-refractivity contribution < 1.29 is 14.4 Å². The molecule has 0 aromatic heterocycles. The molecule has 1 saturated heterocycles. The van der Waals surface area contributed by atoms with E-state index in [0.29, 0.717) is 24.5 Å². The Morgan fingerprint density at radius 1 is 1.17 bits per heavy atom. The number of carbonyl (C=O) groups is 3. The van der Waals surface area contributed by atoms with Crippen LogP contribution in [0.5, 0.6) is 0 Å². The minimum absolute atomic E-state index is 0.144. The largest absolute Gasteiger partial charge is 0.341 e. The minimum Gasteiger partial charge on any atom is -0.341 e. The maximum Gasteiger partial charge on any atom is 0.250 e. The molecule has 156 valence electrons. The zero-order valence-electron chi connectivity index (χ0n) is 16.6. The first kappa shape index (κ1) is 20.9. The van der Waals surface area contributed by atoms with Crippen molar-refractivity contribution in [2.45, 2.75) is 29.9 Å². The fourth-order valence-electron chi connectivity index (χ4n) is 3.71. The number of fused-ring (bicyclic) bond motifs is 1. The van der Waals surface area contributed by atoms with E-state index in [0.717, 1.165) is 27.8 Å². The maximum atomic E-state index is 13.2. The Hall–Kier alpha value is -2.32. The Labute approximate surface area is 188 Å². The third-order valence-electron chi connectivity index (χ3n) is 5.28. The van der Waals surface area contributed by atoms with Gasteiger partial charge in [-0.3, -0.25) is 14.4 Å². The molecule has 1 atom stereocenters. The van der Waals surface area contributed by atoms with Crippen LogP contribution in [0.1, 0.15) is 18.4 Å². The summed E-state index contributed by atoms with van der Waals surface area (Å²) >= 11 is 4.72. The summed E-state index contributed by atoms with van der Waals surface area (Å²) in [5.41, 5.74) is 2.33. The Kier molecular flexibility index (Phi) is 6.15. The molecule has 4 rings (SSSR count). The van der Waals surface area contributed by atoms with Gasteiger partial charge in [-0.1, -0.05) is 28.1 Å². The van der Waals surface area contributed by atoms with Crippen molar-refractivity contribution >= 4 is 56.8 Å². The first-order chi connectivity index (χ1) is 14.4. The number of benzene rings is 2. The summed E-state index contributed by atoms with van der Waals surface area (Å²) in [7, 11) is 0. The van der Waals surface area contributed by atoms with Gasteiger partial charge < -0.3 is 15.1 Å². The van der Waals surface area contributed by atoms with Crippen LogP contribution in [-0.4, -0.2) is 47.5 Å². The molecule has 0 radical (unpaired) electrons. The quantitative estimate of drug-likeness (QED) is 0.665. The van der Waals surface area contributed by atoms with E-state index in [-0.39, 0.29) is 24.3 Å². The highest BCUT2D eigenvalue weighted by Crippen LogP contribution is 2.40. The number of halogens is 1. The Balaban J connectivity index is 1.55. The molecule has 0 unspecified atom stereocenters. The number of hydrogen-bond acceptors (Lipinski definition) is 4. The van der Waals surface area contributed by atoms with Gasteiger partial charge in [0.15, 0.2) is 5.25 Å². The molecule has 0 spiro atoms. The average molecular weight is 488 g/mol. The lowest BCUT2D eigenvalue weighted by molar-refractivity contribution is -0.134. The second-order valence-corrected chi connectivity index (χ2v) is 9.44. The predicted octanol–water partition coefficient (Wildman–Crippen LogP) is 3.83. The van der Waals surface area contributed by atoms with Gasteiger partial charge in [-0.15, -0.1) is 11.8 Å². The third-order valence-corrected chi connectivity index (χ3v) is 7.40. The zero-order chi connectivity index (χ0) is 21.3. The number of likely N-dealkylation sites (tertiary alicyclic amines) is 1. The van der Waals surface area contributed by atoms with E-state index in [1.54, 1.807) is 11.0 Å².